The SMILES string of the molecule is C[Si](C)(C)Oc1c(C(Br)CCNS(=O)[O-])oc(-c2ccc(F)c(Cl)c2)c1O. The molecule has 0 aliphatic carbocycles. The van der Waals surface area contributed by atoms with Gasteiger partial charge in [0.25, 0.3) is 0 Å². The fraction of sp³-hybridized carbons (Fsp3) is 0.375. The highest BCUT2D eigenvalue weighted by Crippen LogP contribution is 2.49. The molecule has 2 unspecified atom stereocenters. The molecule has 11 heteroatoms. The number of rotatable bonds is 8. The molecule has 6 nitrogen and oxygen atoms in total. The fourth-order valence-electron chi connectivity index (χ4n) is 2.27. The van der Waals surface area contributed by atoms with Crippen molar-refractivity contribution in [3.05, 3.63) is 34.8 Å². The summed E-state index contributed by atoms with van der Waals surface area (Å²) < 4.78 is 48.8. The van der Waals surface area contributed by atoms with Crippen molar-refractivity contribution in [2.75, 3.05) is 6.54 Å². The molecule has 0 radical (unpaired) electrons. The Morgan fingerprint density at radius 2 is 2.15 bits per heavy atom. The zero-order valence-electron chi connectivity index (χ0n) is 14.8. The molecule has 2 N–H and O–H groups in total. The van der Waals surface area contributed by atoms with E-state index in [4.69, 9.17) is 20.4 Å². The van der Waals surface area contributed by atoms with E-state index in [0.717, 1.165) is 0 Å². The average molecular weight is 500 g/mol. The molecule has 27 heavy (non-hydrogen) atoms. The molecule has 0 aliphatic heterocycles. The average Bonchev–Trinajstić information content (AvgIpc) is 2.85. The molecular weight excluding hydrogens is 481 g/mol. The number of furan rings is 1. The molecule has 150 valence electrons. The minimum absolute atomic E-state index is 0.102. The molecule has 1 aromatic heterocycles. The van der Waals surface area contributed by atoms with Crippen LogP contribution in [0.1, 0.15) is 17.0 Å². The van der Waals surface area contributed by atoms with Crippen LogP contribution in [0.15, 0.2) is 22.6 Å². The van der Waals surface area contributed by atoms with Gasteiger partial charge < -0.3 is 18.5 Å². The molecule has 0 amide bonds. The van der Waals surface area contributed by atoms with E-state index in [2.05, 4.69) is 20.7 Å². The molecule has 0 spiro atoms. The van der Waals surface area contributed by atoms with Crippen molar-refractivity contribution in [2.24, 2.45) is 0 Å². The highest BCUT2D eigenvalue weighted by atomic mass is 79.9. The van der Waals surface area contributed by atoms with Crippen molar-refractivity contribution in [1.29, 1.82) is 0 Å². The lowest BCUT2D eigenvalue weighted by Crippen LogP contribution is -2.29. The van der Waals surface area contributed by atoms with Crippen LogP contribution in [-0.2, 0) is 11.3 Å². The quantitative estimate of drug-likeness (QED) is 0.307. The summed E-state index contributed by atoms with van der Waals surface area (Å²) in [5, 5.41) is 10.6. The third-order valence-electron chi connectivity index (χ3n) is 3.36. The van der Waals surface area contributed by atoms with Crippen LogP contribution < -0.4 is 9.15 Å². The molecule has 2 atom stereocenters. The Balaban J connectivity index is 2.44. The zero-order chi connectivity index (χ0) is 20.4. The third-order valence-corrected chi connectivity index (χ3v) is 5.78. The lowest BCUT2D eigenvalue weighted by molar-refractivity contribution is 0.438. The number of benzene rings is 1. The van der Waals surface area contributed by atoms with Crippen LogP contribution in [0.4, 0.5) is 4.39 Å². The van der Waals surface area contributed by atoms with Gasteiger partial charge in [-0.25, -0.2) is 9.11 Å². The van der Waals surface area contributed by atoms with Crippen molar-refractivity contribution in [2.45, 2.75) is 30.9 Å². The Morgan fingerprint density at radius 3 is 2.70 bits per heavy atom. The van der Waals surface area contributed by atoms with Crippen molar-refractivity contribution >= 4 is 47.1 Å². The van der Waals surface area contributed by atoms with Gasteiger partial charge >= 0.3 is 0 Å². The molecule has 0 saturated heterocycles. The first kappa shape index (κ1) is 22.4. The maximum absolute atomic E-state index is 13.4. The Morgan fingerprint density at radius 1 is 1.48 bits per heavy atom. The van der Waals surface area contributed by atoms with E-state index in [1.165, 1.54) is 18.2 Å². The van der Waals surface area contributed by atoms with Crippen LogP contribution in [0.2, 0.25) is 24.7 Å². The summed E-state index contributed by atoms with van der Waals surface area (Å²) in [7, 11) is -2.10. The van der Waals surface area contributed by atoms with E-state index >= 15 is 0 Å². The standard InChI is InChI=1S/C16H20BrClFNO5SSi/c1-27(2,3)25-16-13(21)14(9-4-5-12(19)11(18)8-9)24-15(16)10(17)6-7-20-26(22)23/h4-5,8,10,20-21H,6-7H2,1-3H3,(H,22,23)/p-1. The first-order valence-electron chi connectivity index (χ1n) is 7.96. The van der Waals surface area contributed by atoms with E-state index in [1.54, 1.807) is 0 Å². The summed E-state index contributed by atoms with van der Waals surface area (Å²) in [6, 6.07) is 3.97. The van der Waals surface area contributed by atoms with Gasteiger partial charge in [0.05, 0.1) is 9.85 Å². The van der Waals surface area contributed by atoms with Gasteiger partial charge in [0.15, 0.2) is 17.3 Å². The predicted molar refractivity (Wildman–Crippen MR) is 108 cm³/mol. The minimum atomic E-state index is -2.37. The highest BCUT2D eigenvalue weighted by molar-refractivity contribution is 9.09. The van der Waals surface area contributed by atoms with Gasteiger partial charge in [-0.1, -0.05) is 27.5 Å². The van der Waals surface area contributed by atoms with Gasteiger partial charge in [0.1, 0.15) is 5.82 Å². The van der Waals surface area contributed by atoms with E-state index in [-0.39, 0.29) is 28.8 Å². The first-order valence-corrected chi connectivity index (χ1v) is 13.7. The smallest absolute Gasteiger partial charge is 0.242 e. The van der Waals surface area contributed by atoms with Gasteiger partial charge in [0, 0.05) is 23.4 Å². The summed E-state index contributed by atoms with van der Waals surface area (Å²) in [6.07, 6.45) is 0.354. The van der Waals surface area contributed by atoms with Gasteiger partial charge in [-0.15, -0.1) is 0 Å². The Bertz CT molecular complexity index is 845. The van der Waals surface area contributed by atoms with Gasteiger partial charge in [-0.3, -0.25) is 4.21 Å². The van der Waals surface area contributed by atoms with Crippen LogP contribution in [-0.4, -0.2) is 28.7 Å². The number of nitrogens with one attached hydrogen (secondary N) is 1. The maximum atomic E-state index is 13.4. The largest absolute Gasteiger partial charge is 0.760 e. The Labute approximate surface area is 173 Å². The summed E-state index contributed by atoms with van der Waals surface area (Å²) in [6.45, 7) is 6.01. The van der Waals surface area contributed by atoms with Crippen molar-refractivity contribution in [3.8, 4) is 22.8 Å². The van der Waals surface area contributed by atoms with Crippen LogP contribution in [0.3, 0.4) is 0 Å². The fourth-order valence-corrected chi connectivity index (χ4v) is 4.07. The van der Waals surface area contributed by atoms with E-state index in [1.807, 2.05) is 19.6 Å². The number of halogens is 3. The number of aromatic hydroxyl groups is 1. The van der Waals surface area contributed by atoms with E-state index in [0.29, 0.717) is 17.7 Å². The van der Waals surface area contributed by atoms with Crippen LogP contribution in [0.25, 0.3) is 11.3 Å². The maximum Gasteiger partial charge on any atom is 0.242 e. The zero-order valence-corrected chi connectivity index (χ0v) is 19.0. The van der Waals surface area contributed by atoms with Crippen molar-refractivity contribution in [3.63, 3.8) is 0 Å². The molecule has 0 aliphatic rings. The first-order chi connectivity index (χ1) is 12.5. The predicted octanol–water partition coefficient (Wildman–Crippen LogP) is 4.87. The van der Waals surface area contributed by atoms with Gasteiger partial charge in [0.2, 0.25) is 14.1 Å². The molecule has 1 aromatic carbocycles. The molecule has 0 saturated carbocycles. The topological polar surface area (TPSA) is 94.8 Å². The molecule has 2 rings (SSSR count). The number of alkyl halides is 1. The monoisotopic (exact) mass is 498 g/mol. The molecule has 0 fully saturated rings. The molecular formula is C16H19BrClFNO5SSi-. The van der Waals surface area contributed by atoms with E-state index < -0.39 is 30.2 Å². The normalized spacial score (nSPS) is 14.2. The van der Waals surface area contributed by atoms with E-state index in [9.17, 15) is 18.3 Å². The summed E-state index contributed by atoms with van der Waals surface area (Å²) in [5.74, 6) is -0.177. The lowest BCUT2D eigenvalue weighted by Gasteiger charge is -2.20. The summed E-state index contributed by atoms with van der Waals surface area (Å²) in [4.78, 5) is -0.421. The van der Waals surface area contributed by atoms with Crippen molar-refractivity contribution in [1.82, 2.24) is 4.72 Å². The second kappa shape index (κ2) is 9.06. The summed E-state index contributed by atoms with van der Waals surface area (Å²) >= 11 is 6.91. The van der Waals surface area contributed by atoms with Crippen molar-refractivity contribution < 1.29 is 27.1 Å². The number of hydrogen-bond donors (Lipinski definition) is 2. The van der Waals surface area contributed by atoms with Gasteiger partial charge in [-0.05, 0) is 44.3 Å². The van der Waals surface area contributed by atoms with Crippen LogP contribution >= 0.6 is 27.5 Å². The van der Waals surface area contributed by atoms with Gasteiger partial charge in [-0.2, -0.15) is 0 Å². The molecule has 0 bridgehead atoms. The highest BCUT2D eigenvalue weighted by Gasteiger charge is 2.30. The number of hydrogen-bond acceptors (Lipinski definition) is 5. The molecule has 2 aromatic rings. The Kier molecular flexibility index (Phi) is 7.51. The minimum Gasteiger partial charge on any atom is -0.760 e. The summed E-state index contributed by atoms with van der Waals surface area (Å²) in [5.41, 5.74) is 0.393. The second-order valence-corrected chi connectivity index (χ2v) is 13.4. The Hall–Kier alpha value is -0.913. The molecule has 1 heterocycles. The third kappa shape index (κ3) is 6.03. The van der Waals surface area contributed by atoms with Crippen LogP contribution in [0.5, 0.6) is 11.5 Å². The lowest BCUT2D eigenvalue weighted by atomic mass is 10.1. The second-order valence-electron chi connectivity index (χ2n) is 6.70. The van der Waals surface area contributed by atoms with Crippen LogP contribution in [0, 0.1) is 5.82 Å².